The van der Waals surface area contributed by atoms with Crippen molar-refractivity contribution < 1.29 is 10.2 Å². The van der Waals surface area contributed by atoms with Crippen molar-refractivity contribution in [1.29, 1.82) is 0 Å². The van der Waals surface area contributed by atoms with E-state index in [4.69, 9.17) is 9.97 Å². The summed E-state index contributed by atoms with van der Waals surface area (Å²) in [5, 5.41) is 25.4. The van der Waals surface area contributed by atoms with Crippen molar-refractivity contribution in [2.24, 2.45) is 0 Å². The average molecular weight is 803 g/mol. The molecule has 8 bridgehead atoms. The number of fused-ring (bicyclic) bond motifs is 10. The van der Waals surface area contributed by atoms with Crippen molar-refractivity contribution in [1.82, 2.24) is 19.9 Å². The second-order valence-corrected chi connectivity index (χ2v) is 16.2. The maximum atomic E-state index is 10.7. The summed E-state index contributed by atoms with van der Waals surface area (Å²) in [5.74, 6) is 0. The van der Waals surface area contributed by atoms with Crippen LogP contribution in [0.15, 0.2) is 146 Å². The normalized spacial score (nSPS) is 12.2. The molecule has 62 heavy (non-hydrogen) atoms. The van der Waals surface area contributed by atoms with Crippen LogP contribution in [0, 0.1) is 13.8 Å². The number of hydrogen-bond donors (Lipinski definition) is 4. The topological polar surface area (TPSA) is 97.8 Å². The van der Waals surface area contributed by atoms with Gasteiger partial charge in [-0.05, 0) is 117 Å². The molecule has 0 spiro atoms. The second kappa shape index (κ2) is 15.1. The number of hydrogen-bond acceptors (Lipinski definition) is 4. The molecular formula is C56H42N4O2. The van der Waals surface area contributed by atoms with Gasteiger partial charge in [0.15, 0.2) is 0 Å². The summed E-state index contributed by atoms with van der Waals surface area (Å²) in [6.07, 6.45) is 8.41. The minimum atomic E-state index is -0.0900. The summed E-state index contributed by atoms with van der Waals surface area (Å²) in [6.45, 7) is 4.02. The van der Waals surface area contributed by atoms with Crippen LogP contribution in [-0.2, 0) is 13.2 Å². The highest BCUT2D eigenvalue weighted by Gasteiger charge is 2.22. The van der Waals surface area contributed by atoms with E-state index in [0.717, 1.165) is 122 Å². The van der Waals surface area contributed by atoms with Crippen molar-refractivity contribution in [3.63, 3.8) is 0 Å². The molecule has 0 radical (unpaired) electrons. The van der Waals surface area contributed by atoms with Crippen molar-refractivity contribution in [2.45, 2.75) is 27.1 Å². The van der Waals surface area contributed by atoms with E-state index < -0.39 is 0 Å². The van der Waals surface area contributed by atoms with Gasteiger partial charge in [-0.1, -0.05) is 132 Å². The molecule has 11 rings (SSSR count). The van der Waals surface area contributed by atoms with Gasteiger partial charge in [-0.2, -0.15) is 0 Å². The molecule has 6 aromatic carbocycles. The first-order valence-electron chi connectivity index (χ1n) is 21.0. The minimum absolute atomic E-state index is 0.0900. The van der Waals surface area contributed by atoms with Crippen molar-refractivity contribution in [3.8, 4) is 44.5 Å². The zero-order valence-electron chi connectivity index (χ0n) is 34.4. The first-order valence-corrected chi connectivity index (χ1v) is 21.0. The standard InChI is InChI=1S/C56H42N4O2/c1-33-15-19-37(20-16-33)53-43-23-27-47(57-43)55(41-13-5-9-35-7-3-11-39(31-61)51(35)41)49-29-25-45(59-49)54(38-21-17-34(2)18-22-38)46-26-30-50(60-46)56(48-28-24-44(53)58-48)42-14-6-10-36-8-4-12-40(32-62)52(36)42/h3-30,57-58,61-62H,31-32H2,1-2H3. The quantitative estimate of drug-likeness (QED) is 0.135. The van der Waals surface area contributed by atoms with Crippen molar-refractivity contribution >= 4 is 67.9 Å². The van der Waals surface area contributed by atoms with Gasteiger partial charge in [-0.15, -0.1) is 0 Å². The van der Waals surface area contributed by atoms with Gasteiger partial charge in [0.05, 0.1) is 36.0 Å². The fourth-order valence-electron chi connectivity index (χ4n) is 9.34. The Morgan fingerprint density at radius 1 is 0.387 bits per heavy atom. The van der Waals surface area contributed by atoms with Crippen LogP contribution in [0.1, 0.15) is 45.0 Å². The Hall–Kier alpha value is -7.64. The molecular weight excluding hydrogens is 761 g/mol. The number of benzene rings is 6. The lowest BCUT2D eigenvalue weighted by Crippen LogP contribution is -1.93. The third-order valence-electron chi connectivity index (χ3n) is 12.3. The van der Waals surface area contributed by atoms with Gasteiger partial charge in [0.2, 0.25) is 0 Å². The molecule has 0 unspecified atom stereocenters. The Balaban J connectivity index is 1.34. The van der Waals surface area contributed by atoms with Gasteiger partial charge in [0.25, 0.3) is 0 Å². The van der Waals surface area contributed by atoms with E-state index in [1.807, 2.05) is 24.3 Å². The van der Waals surface area contributed by atoms with Crippen LogP contribution in [0.25, 0.3) is 112 Å². The van der Waals surface area contributed by atoms with Crippen molar-refractivity contribution in [3.05, 3.63) is 191 Å². The molecule has 2 aliphatic rings. The molecule has 0 fully saturated rings. The Morgan fingerprint density at radius 2 is 0.742 bits per heavy atom. The number of H-pyrrole nitrogens is 2. The number of aromatic nitrogens is 4. The average Bonchev–Trinajstić information content (AvgIpc) is 4.15. The van der Waals surface area contributed by atoms with Gasteiger partial charge in [0, 0.05) is 44.3 Å². The summed E-state index contributed by atoms with van der Waals surface area (Å²) in [4.78, 5) is 18.8. The summed E-state index contributed by atoms with van der Waals surface area (Å²) in [5.41, 5.74) is 18.8. The molecule has 0 aliphatic carbocycles. The summed E-state index contributed by atoms with van der Waals surface area (Å²) >= 11 is 0. The molecule has 6 nitrogen and oxygen atoms in total. The first-order chi connectivity index (χ1) is 30.4. The van der Waals surface area contributed by atoms with E-state index >= 15 is 0 Å². The highest BCUT2D eigenvalue weighted by atomic mass is 16.3. The molecule has 9 aromatic rings. The lowest BCUT2D eigenvalue weighted by atomic mass is 9.94. The Labute approximate surface area is 358 Å². The molecule has 0 atom stereocenters. The predicted octanol–water partition coefficient (Wildman–Crippen LogP) is 13.2. The maximum absolute atomic E-state index is 10.7. The fraction of sp³-hybridized carbons (Fsp3) is 0.0714. The van der Waals surface area contributed by atoms with Crippen LogP contribution in [-0.4, -0.2) is 30.1 Å². The number of rotatable bonds is 6. The molecule has 4 N–H and O–H groups in total. The zero-order chi connectivity index (χ0) is 41.9. The van der Waals surface area contributed by atoms with Gasteiger partial charge < -0.3 is 20.2 Å². The van der Waals surface area contributed by atoms with Crippen LogP contribution >= 0.6 is 0 Å². The number of nitrogens with one attached hydrogen (secondary N) is 2. The second-order valence-electron chi connectivity index (χ2n) is 16.2. The highest BCUT2D eigenvalue weighted by Crippen LogP contribution is 2.42. The van der Waals surface area contributed by atoms with E-state index in [0.29, 0.717) is 0 Å². The van der Waals surface area contributed by atoms with Crippen LogP contribution < -0.4 is 0 Å². The number of aliphatic hydroxyl groups is 2. The SMILES string of the molecule is Cc1ccc(-c2c3nc(c(-c4cccc5cccc(CO)c45)c4ccc([nH]4)c(-c4ccc(C)cc4)c4ccc([nH]4)c(-c4cccc5cccc(CO)c45)c4nc2C=C4)C=C3)cc1. The van der Waals surface area contributed by atoms with Crippen molar-refractivity contribution in [2.75, 3.05) is 0 Å². The van der Waals surface area contributed by atoms with E-state index in [1.165, 1.54) is 11.1 Å². The largest absolute Gasteiger partial charge is 0.392 e. The highest BCUT2D eigenvalue weighted by molar-refractivity contribution is 6.08. The van der Waals surface area contributed by atoms with Gasteiger partial charge in [0.1, 0.15) is 0 Å². The smallest absolute Gasteiger partial charge is 0.0738 e. The van der Waals surface area contributed by atoms with E-state index in [-0.39, 0.29) is 13.2 Å². The Kier molecular flexibility index (Phi) is 9.11. The van der Waals surface area contributed by atoms with Crippen LogP contribution in [0.2, 0.25) is 0 Å². The Morgan fingerprint density at radius 3 is 1.15 bits per heavy atom. The van der Waals surface area contributed by atoms with E-state index in [9.17, 15) is 10.2 Å². The van der Waals surface area contributed by atoms with E-state index in [1.54, 1.807) is 0 Å². The van der Waals surface area contributed by atoms with E-state index in [2.05, 4.69) is 169 Å². The molecule has 5 heterocycles. The molecule has 298 valence electrons. The molecule has 6 heteroatoms. The summed E-state index contributed by atoms with van der Waals surface area (Å²) in [6, 6.07) is 50.6. The summed E-state index contributed by atoms with van der Waals surface area (Å²) < 4.78 is 0. The number of aliphatic hydroxyl groups excluding tert-OH is 2. The molecule has 3 aromatic heterocycles. The third kappa shape index (κ3) is 6.28. The van der Waals surface area contributed by atoms with Crippen LogP contribution in [0.3, 0.4) is 0 Å². The van der Waals surface area contributed by atoms with Gasteiger partial charge in [-0.3, -0.25) is 0 Å². The van der Waals surface area contributed by atoms with Crippen LogP contribution in [0.4, 0.5) is 0 Å². The summed E-state index contributed by atoms with van der Waals surface area (Å²) in [7, 11) is 0. The molecule has 2 aliphatic heterocycles. The maximum Gasteiger partial charge on any atom is 0.0738 e. The Bertz CT molecular complexity index is 3300. The number of nitrogens with zero attached hydrogens (tertiary/aromatic N) is 2. The number of aryl methyl sites for hydroxylation is 2. The van der Waals surface area contributed by atoms with Gasteiger partial charge >= 0.3 is 0 Å². The fourth-order valence-corrected chi connectivity index (χ4v) is 9.34. The zero-order valence-corrected chi connectivity index (χ0v) is 34.4. The van der Waals surface area contributed by atoms with Crippen LogP contribution in [0.5, 0.6) is 0 Å². The lowest BCUT2D eigenvalue weighted by Gasteiger charge is -2.12. The molecule has 0 amide bonds. The third-order valence-corrected chi connectivity index (χ3v) is 12.3. The lowest BCUT2D eigenvalue weighted by molar-refractivity contribution is 0.283. The monoisotopic (exact) mass is 802 g/mol. The first kappa shape index (κ1) is 37.4. The molecule has 0 saturated carbocycles. The molecule has 0 saturated heterocycles. The van der Waals surface area contributed by atoms with Gasteiger partial charge in [-0.25, -0.2) is 9.97 Å². The predicted molar refractivity (Wildman–Crippen MR) is 257 cm³/mol. The minimum Gasteiger partial charge on any atom is -0.392 e. The number of aromatic amines is 2.